The molecule has 0 aromatic heterocycles. The molecule has 5 heteroatoms. The minimum atomic E-state index is -1.16. The van der Waals surface area contributed by atoms with E-state index in [9.17, 15) is 9.59 Å². The van der Waals surface area contributed by atoms with Gasteiger partial charge in [-0.25, -0.2) is 4.79 Å². The largest absolute Gasteiger partial charge is 0.445 e. The number of benzene rings is 2. The van der Waals surface area contributed by atoms with Crippen molar-refractivity contribution < 1.29 is 14.3 Å². The fraction of sp³-hybridized carbons (Fsp3) is 0.125. The molecule has 0 radical (unpaired) electrons. The second-order valence-electron chi connectivity index (χ2n) is 4.30. The van der Waals surface area contributed by atoms with Crippen molar-refractivity contribution in [2.75, 3.05) is 0 Å². The van der Waals surface area contributed by atoms with E-state index in [-0.39, 0.29) is 12.4 Å². The molecule has 1 atom stereocenters. The van der Waals surface area contributed by atoms with Crippen molar-refractivity contribution in [2.45, 2.75) is 12.1 Å². The summed E-state index contributed by atoms with van der Waals surface area (Å²) in [6.07, 6.45) is -0.733. The van der Waals surface area contributed by atoms with Crippen molar-refractivity contribution >= 4 is 23.5 Å². The highest BCUT2D eigenvalue weighted by Crippen LogP contribution is 2.07. The zero-order chi connectivity index (χ0) is 15.1. The van der Waals surface area contributed by atoms with Gasteiger partial charge in [0.05, 0.1) is 0 Å². The normalized spacial score (nSPS) is 11.5. The summed E-state index contributed by atoms with van der Waals surface area (Å²) in [5, 5.41) is 2.30. The van der Waals surface area contributed by atoms with Gasteiger partial charge in [0.15, 0.2) is 5.50 Å². The third kappa shape index (κ3) is 4.61. The molecule has 21 heavy (non-hydrogen) atoms. The Morgan fingerprint density at radius 2 is 1.57 bits per heavy atom. The second kappa shape index (κ2) is 7.45. The number of ether oxygens (including phenoxy) is 1. The molecule has 2 rings (SSSR count). The Labute approximate surface area is 127 Å². The van der Waals surface area contributed by atoms with Crippen molar-refractivity contribution in [3.05, 3.63) is 71.8 Å². The Bertz CT molecular complexity index is 601. The van der Waals surface area contributed by atoms with Crippen molar-refractivity contribution in [3.8, 4) is 0 Å². The number of alkyl carbamates (subject to hydrolysis) is 1. The number of carbonyl (C=O) groups excluding carboxylic acids is 2. The van der Waals surface area contributed by atoms with Gasteiger partial charge >= 0.3 is 6.09 Å². The number of rotatable bonds is 5. The van der Waals surface area contributed by atoms with E-state index in [1.54, 1.807) is 30.3 Å². The molecule has 2 aromatic rings. The quantitative estimate of drug-likeness (QED) is 0.523. The molecule has 0 bridgehead atoms. The molecule has 1 amide bonds. The summed E-state index contributed by atoms with van der Waals surface area (Å²) < 4.78 is 5.00. The van der Waals surface area contributed by atoms with Crippen molar-refractivity contribution in [3.63, 3.8) is 0 Å². The van der Waals surface area contributed by atoms with Gasteiger partial charge in [-0.3, -0.25) is 10.1 Å². The van der Waals surface area contributed by atoms with Crippen LogP contribution in [0.4, 0.5) is 4.79 Å². The van der Waals surface area contributed by atoms with Crippen molar-refractivity contribution in [2.24, 2.45) is 0 Å². The minimum Gasteiger partial charge on any atom is -0.445 e. The summed E-state index contributed by atoms with van der Waals surface area (Å²) in [7, 11) is 0. The molecule has 0 aliphatic rings. The van der Waals surface area contributed by atoms with E-state index in [2.05, 4.69) is 5.32 Å². The molecule has 0 aliphatic carbocycles. The molecule has 1 N–H and O–H groups in total. The van der Waals surface area contributed by atoms with Crippen molar-refractivity contribution in [1.82, 2.24) is 5.32 Å². The Morgan fingerprint density at radius 1 is 1.00 bits per heavy atom. The van der Waals surface area contributed by atoms with E-state index in [0.29, 0.717) is 5.56 Å². The zero-order valence-electron chi connectivity index (χ0n) is 11.2. The van der Waals surface area contributed by atoms with Crippen LogP contribution in [0.3, 0.4) is 0 Å². The maximum Gasteiger partial charge on any atom is 0.409 e. The van der Waals surface area contributed by atoms with Gasteiger partial charge in [0.25, 0.3) is 0 Å². The Balaban J connectivity index is 1.83. The van der Waals surface area contributed by atoms with Crippen LogP contribution >= 0.6 is 11.6 Å². The van der Waals surface area contributed by atoms with Gasteiger partial charge in [-0.1, -0.05) is 72.3 Å². The molecular weight excluding hydrogens is 290 g/mol. The fourth-order valence-electron chi connectivity index (χ4n) is 1.68. The molecule has 0 saturated heterocycles. The number of carbonyl (C=O) groups is 2. The van der Waals surface area contributed by atoms with Crippen LogP contribution in [0.15, 0.2) is 60.7 Å². The molecule has 0 heterocycles. The first-order chi connectivity index (χ1) is 10.2. The summed E-state index contributed by atoms with van der Waals surface area (Å²) >= 11 is 5.88. The number of Topliss-reactive ketones (excluding diaryl/α,β-unsaturated/α-hetero) is 1. The van der Waals surface area contributed by atoms with Gasteiger partial charge < -0.3 is 4.74 Å². The first kappa shape index (κ1) is 15.1. The number of ketones is 1. The van der Waals surface area contributed by atoms with Gasteiger partial charge in [0.1, 0.15) is 6.61 Å². The number of amides is 1. The molecule has 0 aliphatic heterocycles. The van der Waals surface area contributed by atoms with Crippen LogP contribution in [0.1, 0.15) is 15.9 Å². The average Bonchev–Trinajstić information content (AvgIpc) is 2.54. The topological polar surface area (TPSA) is 55.4 Å². The van der Waals surface area contributed by atoms with E-state index in [1.165, 1.54) is 0 Å². The van der Waals surface area contributed by atoms with Crippen LogP contribution in [-0.2, 0) is 11.3 Å². The van der Waals surface area contributed by atoms with Crippen LogP contribution < -0.4 is 5.32 Å². The standard InChI is InChI=1S/C16H14ClNO3/c17-15(14(19)13-9-5-2-6-10-13)18-16(20)21-11-12-7-3-1-4-8-12/h1-10,15H,11H2,(H,18,20)/t15-/m0/s1. The lowest BCUT2D eigenvalue weighted by Gasteiger charge is -2.11. The third-order valence-corrected chi connectivity index (χ3v) is 3.05. The smallest absolute Gasteiger partial charge is 0.409 e. The van der Waals surface area contributed by atoms with Gasteiger partial charge in [-0.05, 0) is 5.56 Å². The highest BCUT2D eigenvalue weighted by atomic mass is 35.5. The van der Waals surface area contributed by atoms with Gasteiger partial charge in [-0.15, -0.1) is 0 Å². The first-order valence-electron chi connectivity index (χ1n) is 6.37. The number of hydrogen-bond acceptors (Lipinski definition) is 3. The highest BCUT2D eigenvalue weighted by Gasteiger charge is 2.19. The Hall–Kier alpha value is -2.33. The maximum atomic E-state index is 12.0. The lowest BCUT2D eigenvalue weighted by molar-refractivity contribution is 0.0956. The minimum absolute atomic E-state index is 0.121. The lowest BCUT2D eigenvalue weighted by atomic mass is 10.1. The van der Waals surface area contributed by atoms with Crippen LogP contribution in [0.2, 0.25) is 0 Å². The molecule has 4 nitrogen and oxygen atoms in total. The van der Waals surface area contributed by atoms with Gasteiger partial charge in [0.2, 0.25) is 5.78 Å². The van der Waals surface area contributed by atoms with Crippen molar-refractivity contribution in [1.29, 1.82) is 0 Å². The molecule has 0 spiro atoms. The lowest BCUT2D eigenvalue weighted by Crippen LogP contribution is -2.37. The van der Waals surface area contributed by atoms with E-state index >= 15 is 0 Å². The zero-order valence-corrected chi connectivity index (χ0v) is 11.9. The molecule has 0 unspecified atom stereocenters. The van der Waals surface area contributed by atoms with Gasteiger partial charge in [-0.2, -0.15) is 0 Å². The summed E-state index contributed by atoms with van der Waals surface area (Å²) in [5.74, 6) is -0.381. The molecule has 0 saturated carbocycles. The number of nitrogens with one attached hydrogen (secondary N) is 1. The summed E-state index contributed by atoms with van der Waals surface area (Å²) in [6, 6.07) is 17.7. The fourth-order valence-corrected chi connectivity index (χ4v) is 1.90. The predicted octanol–water partition coefficient (Wildman–Crippen LogP) is 3.36. The van der Waals surface area contributed by atoms with Gasteiger partial charge in [0, 0.05) is 5.56 Å². The van der Waals surface area contributed by atoms with E-state index in [0.717, 1.165) is 5.56 Å². The second-order valence-corrected chi connectivity index (χ2v) is 4.74. The summed E-state index contributed by atoms with van der Waals surface area (Å²) in [5.41, 5.74) is 0.129. The monoisotopic (exact) mass is 303 g/mol. The SMILES string of the molecule is O=C(N[C@H](Cl)C(=O)c1ccccc1)OCc1ccccc1. The Morgan fingerprint density at radius 3 is 2.19 bits per heavy atom. The van der Waals surface area contributed by atoms with E-state index in [1.807, 2.05) is 30.3 Å². The van der Waals surface area contributed by atoms with E-state index < -0.39 is 11.6 Å². The van der Waals surface area contributed by atoms with Crippen LogP contribution in [-0.4, -0.2) is 17.4 Å². The van der Waals surface area contributed by atoms with E-state index in [4.69, 9.17) is 16.3 Å². The number of halogens is 1. The summed E-state index contributed by atoms with van der Waals surface area (Å²) in [4.78, 5) is 23.5. The number of hydrogen-bond donors (Lipinski definition) is 1. The predicted molar refractivity (Wildman–Crippen MR) is 80.2 cm³/mol. The highest BCUT2D eigenvalue weighted by molar-refractivity contribution is 6.34. The van der Waals surface area contributed by atoms with Crippen LogP contribution in [0.5, 0.6) is 0 Å². The Kier molecular flexibility index (Phi) is 5.35. The first-order valence-corrected chi connectivity index (χ1v) is 6.81. The maximum absolute atomic E-state index is 12.0. The average molecular weight is 304 g/mol. The van der Waals surface area contributed by atoms with Crippen LogP contribution in [0.25, 0.3) is 0 Å². The molecular formula is C16H14ClNO3. The number of alkyl halides is 1. The molecule has 0 fully saturated rings. The third-order valence-electron chi connectivity index (χ3n) is 2.75. The molecule has 108 valence electrons. The van der Waals surface area contributed by atoms with Crippen LogP contribution in [0, 0.1) is 0 Å². The molecule has 2 aromatic carbocycles. The summed E-state index contributed by atoms with van der Waals surface area (Å²) in [6.45, 7) is 0.121.